The van der Waals surface area contributed by atoms with Crippen molar-refractivity contribution in [3.63, 3.8) is 0 Å². The Labute approximate surface area is 102 Å². The van der Waals surface area contributed by atoms with Crippen LogP contribution >= 0.6 is 11.3 Å². The van der Waals surface area contributed by atoms with Gasteiger partial charge in [-0.3, -0.25) is 0 Å². The average Bonchev–Trinajstić information content (AvgIpc) is 2.70. The summed E-state index contributed by atoms with van der Waals surface area (Å²) in [7, 11) is 0. The zero-order valence-corrected chi connectivity index (χ0v) is 10.0. The van der Waals surface area contributed by atoms with Crippen LogP contribution in [0.25, 0.3) is 10.6 Å². The first-order valence-electron chi connectivity index (χ1n) is 5.20. The van der Waals surface area contributed by atoms with E-state index in [0.717, 1.165) is 17.4 Å². The van der Waals surface area contributed by atoms with E-state index in [1.165, 1.54) is 23.5 Å². The molecule has 0 aliphatic heterocycles. The highest BCUT2D eigenvalue weighted by atomic mass is 32.1. The zero-order valence-electron chi connectivity index (χ0n) is 9.20. The van der Waals surface area contributed by atoms with Gasteiger partial charge in [0.25, 0.3) is 0 Å². The van der Waals surface area contributed by atoms with Gasteiger partial charge in [0.15, 0.2) is 0 Å². The fourth-order valence-corrected chi connectivity index (χ4v) is 2.58. The highest BCUT2D eigenvalue weighted by molar-refractivity contribution is 7.15. The molecule has 0 saturated carbocycles. The number of benzene rings is 1. The second-order valence-corrected chi connectivity index (χ2v) is 4.64. The Morgan fingerprint density at radius 3 is 2.35 bits per heavy atom. The monoisotopic (exact) mass is 255 g/mol. The average molecular weight is 255 g/mol. The van der Waals surface area contributed by atoms with E-state index in [1.54, 1.807) is 0 Å². The van der Waals surface area contributed by atoms with Crippen LogP contribution in [0.4, 0.5) is 8.78 Å². The number of rotatable bonds is 3. The van der Waals surface area contributed by atoms with Gasteiger partial charge in [0, 0.05) is 16.5 Å². The lowest BCUT2D eigenvalue weighted by atomic mass is 10.2. The number of aromatic nitrogens is 1. The lowest BCUT2D eigenvalue weighted by Gasteiger charge is -1.97. The Morgan fingerprint density at radius 1 is 1.24 bits per heavy atom. The highest BCUT2D eigenvalue weighted by Crippen LogP contribution is 2.29. The molecule has 0 amide bonds. The molecule has 0 fully saturated rings. The third kappa shape index (κ3) is 2.50. The molecule has 0 spiro atoms. The summed E-state index contributed by atoms with van der Waals surface area (Å²) in [5.74, 6) is -1.25. The number of thiazole rings is 1. The molecule has 0 atom stereocenters. The molecule has 90 valence electrons. The summed E-state index contributed by atoms with van der Waals surface area (Å²) in [6.45, 7) is 1.79. The molecule has 1 aromatic carbocycles. The van der Waals surface area contributed by atoms with Crippen molar-refractivity contribution in [2.75, 3.05) is 0 Å². The summed E-state index contributed by atoms with van der Waals surface area (Å²) in [6, 6.07) is 3.30. The summed E-state index contributed by atoms with van der Waals surface area (Å²) in [5.41, 5.74) is 0.985. The second-order valence-electron chi connectivity index (χ2n) is 3.56. The minimum atomic E-state index is -0.626. The van der Waals surface area contributed by atoms with Crippen LogP contribution in [0, 0.1) is 11.6 Å². The van der Waals surface area contributed by atoms with E-state index in [4.69, 9.17) is 5.11 Å². The Kier molecular flexibility index (Phi) is 3.49. The molecule has 1 N–H and O–H groups in total. The Morgan fingerprint density at radius 2 is 1.88 bits per heavy atom. The van der Waals surface area contributed by atoms with Crippen molar-refractivity contribution in [3.8, 4) is 10.6 Å². The molecule has 2 aromatic rings. The predicted molar refractivity (Wildman–Crippen MR) is 62.8 cm³/mol. The van der Waals surface area contributed by atoms with Crippen molar-refractivity contribution >= 4 is 11.3 Å². The van der Waals surface area contributed by atoms with Gasteiger partial charge < -0.3 is 5.11 Å². The number of hydrogen-bond donors (Lipinski definition) is 1. The summed E-state index contributed by atoms with van der Waals surface area (Å²) in [5, 5.41) is 9.65. The van der Waals surface area contributed by atoms with Crippen LogP contribution < -0.4 is 0 Å². The van der Waals surface area contributed by atoms with Crippen molar-refractivity contribution in [1.82, 2.24) is 4.98 Å². The van der Waals surface area contributed by atoms with Crippen molar-refractivity contribution in [2.24, 2.45) is 0 Å². The zero-order chi connectivity index (χ0) is 12.4. The molecule has 2 nitrogen and oxygen atoms in total. The Balaban J connectivity index is 2.48. The van der Waals surface area contributed by atoms with Gasteiger partial charge >= 0.3 is 0 Å². The number of halogens is 2. The molecule has 0 saturated heterocycles. The molecule has 0 unspecified atom stereocenters. The summed E-state index contributed by atoms with van der Waals surface area (Å²) in [6.07, 6.45) is 0.741. The number of aliphatic hydroxyl groups is 1. The first-order chi connectivity index (χ1) is 8.13. The van der Waals surface area contributed by atoms with Crippen LogP contribution in [0.5, 0.6) is 0 Å². The SMILES string of the molecule is CCc1sc(-c2cc(F)cc(F)c2)nc1CO. The quantitative estimate of drug-likeness (QED) is 0.914. The lowest BCUT2D eigenvalue weighted by Crippen LogP contribution is -1.88. The van der Waals surface area contributed by atoms with Crippen LogP contribution in [0.1, 0.15) is 17.5 Å². The maximum Gasteiger partial charge on any atom is 0.126 e. The van der Waals surface area contributed by atoms with E-state index in [9.17, 15) is 8.78 Å². The van der Waals surface area contributed by atoms with E-state index >= 15 is 0 Å². The second kappa shape index (κ2) is 4.89. The summed E-state index contributed by atoms with van der Waals surface area (Å²) < 4.78 is 26.1. The van der Waals surface area contributed by atoms with Gasteiger partial charge in [-0.25, -0.2) is 13.8 Å². The maximum atomic E-state index is 13.1. The third-order valence-corrected chi connectivity index (χ3v) is 3.65. The molecule has 0 aliphatic carbocycles. The smallest absolute Gasteiger partial charge is 0.126 e. The van der Waals surface area contributed by atoms with Crippen molar-refractivity contribution in [1.29, 1.82) is 0 Å². The van der Waals surface area contributed by atoms with Gasteiger partial charge in [-0.2, -0.15) is 0 Å². The minimum absolute atomic E-state index is 0.155. The van der Waals surface area contributed by atoms with Crippen molar-refractivity contribution in [2.45, 2.75) is 20.0 Å². The number of nitrogens with zero attached hydrogens (tertiary/aromatic N) is 1. The first kappa shape index (κ1) is 12.1. The Hall–Kier alpha value is -1.33. The molecule has 0 radical (unpaired) electrons. The molecular formula is C12H11F2NOS. The molecule has 1 heterocycles. The van der Waals surface area contributed by atoms with Crippen LogP contribution in [0.15, 0.2) is 18.2 Å². The standard InChI is InChI=1S/C12H11F2NOS/c1-2-11-10(6-16)15-12(17-11)7-3-8(13)5-9(14)4-7/h3-5,16H,2,6H2,1H3. The number of aryl methyl sites for hydroxylation is 1. The topological polar surface area (TPSA) is 33.1 Å². The van der Waals surface area contributed by atoms with Crippen LogP contribution in [-0.4, -0.2) is 10.1 Å². The molecule has 2 rings (SSSR count). The molecule has 1 aromatic heterocycles. The summed E-state index contributed by atoms with van der Waals surface area (Å²) >= 11 is 1.35. The molecule has 17 heavy (non-hydrogen) atoms. The van der Waals surface area contributed by atoms with E-state index in [1.807, 2.05) is 6.92 Å². The van der Waals surface area contributed by atoms with Crippen molar-refractivity contribution < 1.29 is 13.9 Å². The van der Waals surface area contributed by atoms with E-state index in [2.05, 4.69) is 4.98 Å². The van der Waals surface area contributed by atoms with E-state index in [0.29, 0.717) is 16.3 Å². The maximum absolute atomic E-state index is 13.1. The van der Waals surface area contributed by atoms with Gasteiger partial charge in [0.2, 0.25) is 0 Å². The van der Waals surface area contributed by atoms with Gasteiger partial charge in [-0.1, -0.05) is 6.92 Å². The van der Waals surface area contributed by atoms with E-state index in [-0.39, 0.29) is 6.61 Å². The fourth-order valence-electron chi connectivity index (χ4n) is 1.58. The predicted octanol–water partition coefficient (Wildman–Crippen LogP) is 3.14. The van der Waals surface area contributed by atoms with Gasteiger partial charge in [0.05, 0.1) is 12.3 Å². The molecule has 5 heteroatoms. The number of aliphatic hydroxyl groups excluding tert-OH is 1. The fraction of sp³-hybridized carbons (Fsp3) is 0.250. The summed E-state index contributed by atoms with van der Waals surface area (Å²) in [4.78, 5) is 5.12. The van der Waals surface area contributed by atoms with E-state index < -0.39 is 11.6 Å². The normalized spacial score (nSPS) is 10.8. The van der Waals surface area contributed by atoms with Crippen molar-refractivity contribution in [3.05, 3.63) is 40.4 Å². The largest absolute Gasteiger partial charge is 0.390 e. The van der Waals surface area contributed by atoms with Crippen LogP contribution in [-0.2, 0) is 13.0 Å². The first-order valence-corrected chi connectivity index (χ1v) is 6.01. The minimum Gasteiger partial charge on any atom is -0.390 e. The lowest BCUT2D eigenvalue weighted by molar-refractivity contribution is 0.276. The molecular weight excluding hydrogens is 244 g/mol. The van der Waals surface area contributed by atoms with Gasteiger partial charge in [0.1, 0.15) is 16.6 Å². The number of hydrogen-bond acceptors (Lipinski definition) is 3. The third-order valence-electron chi connectivity index (χ3n) is 2.36. The van der Waals surface area contributed by atoms with Crippen LogP contribution in [0.3, 0.4) is 0 Å². The highest BCUT2D eigenvalue weighted by Gasteiger charge is 2.12. The van der Waals surface area contributed by atoms with Gasteiger partial charge in [-0.15, -0.1) is 11.3 Å². The molecule has 0 bridgehead atoms. The van der Waals surface area contributed by atoms with Gasteiger partial charge in [-0.05, 0) is 18.6 Å². The Bertz CT molecular complexity index is 498. The molecule has 0 aliphatic rings. The van der Waals surface area contributed by atoms with Crippen LogP contribution in [0.2, 0.25) is 0 Å².